The van der Waals surface area contributed by atoms with E-state index in [1.165, 1.54) is 6.07 Å². The maximum Gasteiger partial charge on any atom is 0.276 e. The Labute approximate surface area is 171 Å². The van der Waals surface area contributed by atoms with Crippen LogP contribution in [0, 0.1) is 10.1 Å². The number of thiazole rings is 1. The number of benzene rings is 3. The number of ether oxygens (including phenoxy) is 2. The Hall–Kier alpha value is -3.45. The topological polar surface area (TPSA) is 74.5 Å². The Bertz CT molecular complexity index is 1140. The van der Waals surface area contributed by atoms with E-state index in [2.05, 4.69) is 4.98 Å². The predicted octanol–water partition coefficient (Wildman–Crippen LogP) is 5.85. The number of aromatic nitrogens is 1. The Balaban J connectivity index is 1.62. The van der Waals surface area contributed by atoms with Crippen molar-refractivity contribution in [2.75, 3.05) is 6.61 Å². The van der Waals surface area contributed by atoms with Gasteiger partial charge in [-0.3, -0.25) is 10.1 Å². The highest BCUT2D eigenvalue weighted by molar-refractivity contribution is 7.21. The van der Waals surface area contributed by atoms with Crippen molar-refractivity contribution in [1.29, 1.82) is 0 Å². The number of hydrogen-bond acceptors (Lipinski definition) is 6. The number of fused-ring (bicyclic) bond motifs is 1. The predicted molar refractivity (Wildman–Crippen MR) is 114 cm³/mol. The van der Waals surface area contributed by atoms with Gasteiger partial charge in [0.25, 0.3) is 5.69 Å². The third kappa shape index (κ3) is 4.05. The fourth-order valence-electron chi connectivity index (χ4n) is 2.99. The maximum absolute atomic E-state index is 11.2. The normalized spacial score (nSPS) is 10.8. The van der Waals surface area contributed by atoms with E-state index in [9.17, 15) is 10.1 Å². The SMILES string of the molecule is CCOc1cc(-c2nc3ccccc3s2)ccc1OCc1ccccc1[N+](=O)[O-]. The summed E-state index contributed by atoms with van der Waals surface area (Å²) in [6, 6.07) is 20.2. The molecule has 0 aliphatic rings. The average Bonchev–Trinajstić information content (AvgIpc) is 3.17. The molecule has 7 heteroatoms. The largest absolute Gasteiger partial charge is 0.490 e. The summed E-state index contributed by atoms with van der Waals surface area (Å²) in [4.78, 5) is 15.5. The number of nitro benzene ring substituents is 1. The number of para-hydroxylation sites is 2. The number of nitrogens with zero attached hydrogens (tertiary/aromatic N) is 2. The van der Waals surface area contributed by atoms with E-state index in [1.807, 2.05) is 49.4 Å². The van der Waals surface area contributed by atoms with Crippen molar-refractivity contribution in [1.82, 2.24) is 4.98 Å². The van der Waals surface area contributed by atoms with Crippen LogP contribution >= 0.6 is 11.3 Å². The molecule has 0 fully saturated rings. The van der Waals surface area contributed by atoms with E-state index >= 15 is 0 Å². The molecule has 0 saturated heterocycles. The molecule has 4 aromatic rings. The first kappa shape index (κ1) is 18.9. The van der Waals surface area contributed by atoms with E-state index in [0.29, 0.717) is 23.7 Å². The van der Waals surface area contributed by atoms with Crippen LogP contribution in [0.2, 0.25) is 0 Å². The molecule has 0 aliphatic heterocycles. The standard InChI is InChI=1S/C22H18N2O4S/c1-2-27-20-13-15(22-23-17-8-4-6-10-21(17)29-22)11-12-19(20)28-14-16-7-3-5-9-18(16)24(25)26/h3-13H,2,14H2,1H3. The summed E-state index contributed by atoms with van der Waals surface area (Å²) in [5, 5.41) is 12.1. The Morgan fingerprint density at radius 2 is 1.79 bits per heavy atom. The van der Waals surface area contributed by atoms with E-state index < -0.39 is 4.92 Å². The molecule has 1 heterocycles. The van der Waals surface area contributed by atoms with Gasteiger partial charge in [-0.25, -0.2) is 4.98 Å². The zero-order valence-corrected chi connectivity index (χ0v) is 16.5. The quantitative estimate of drug-likeness (QED) is 0.284. The zero-order chi connectivity index (χ0) is 20.2. The molecule has 3 aromatic carbocycles. The number of rotatable bonds is 7. The minimum atomic E-state index is -0.404. The maximum atomic E-state index is 11.2. The van der Waals surface area contributed by atoms with E-state index in [0.717, 1.165) is 20.8 Å². The fraction of sp³-hybridized carbons (Fsp3) is 0.136. The summed E-state index contributed by atoms with van der Waals surface area (Å²) in [5.74, 6) is 1.12. The second kappa shape index (κ2) is 8.28. The molecule has 6 nitrogen and oxygen atoms in total. The number of nitro groups is 1. The van der Waals surface area contributed by atoms with Crippen LogP contribution in [-0.4, -0.2) is 16.5 Å². The van der Waals surface area contributed by atoms with Crippen LogP contribution in [0.3, 0.4) is 0 Å². The Morgan fingerprint density at radius 1 is 1.00 bits per heavy atom. The van der Waals surface area contributed by atoms with Crippen LogP contribution in [0.4, 0.5) is 5.69 Å². The molecular formula is C22H18N2O4S. The average molecular weight is 406 g/mol. The number of hydrogen-bond donors (Lipinski definition) is 0. The minimum Gasteiger partial charge on any atom is -0.490 e. The summed E-state index contributed by atoms with van der Waals surface area (Å²) in [6.45, 7) is 2.46. The molecule has 0 aliphatic carbocycles. The molecule has 0 unspecified atom stereocenters. The van der Waals surface area contributed by atoms with Gasteiger partial charge >= 0.3 is 0 Å². The van der Waals surface area contributed by atoms with Crippen LogP contribution in [0.25, 0.3) is 20.8 Å². The van der Waals surface area contributed by atoms with Gasteiger partial charge in [0.15, 0.2) is 11.5 Å². The van der Waals surface area contributed by atoms with E-state index in [4.69, 9.17) is 9.47 Å². The molecule has 0 N–H and O–H groups in total. The zero-order valence-electron chi connectivity index (χ0n) is 15.7. The summed E-state index contributed by atoms with van der Waals surface area (Å²) in [6.07, 6.45) is 0. The molecule has 29 heavy (non-hydrogen) atoms. The highest BCUT2D eigenvalue weighted by Crippen LogP contribution is 2.36. The smallest absolute Gasteiger partial charge is 0.276 e. The molecule has 0 atom stereocenters. The van der Waals surface area contributed by atoms with Crippen molar-refractivity contribution >= 4 is 27.2 Å². The van der Waals surface area contributed by atoms with Crippen LogP contribution in [0.1, 0.15) is 12.5 Å². The third-order valence-corrected chi connectivity index (χ3v) is 5.44. The first-order valence-electron chi connectivity index (χ1n) is 9.13. The fourth-order valence-corrected chi connectivity index (χ4v) is 3.95. The van der Waals surface area contributed by atoms with Gasteiger partial charge in [0.1, 0.15) is 11.6 Å². The van der Waals surface area contributed by atoms with Gasteiger partial charge in [0.05, 0.1) is 27.3 Å². The molecule has 146 valence electrons. The lowest BCUT2D eigenvalue weighted by molar-refractivity contribution is -0.385. The molecule has 0 bridgehead atoms. The van der Waals surface area contributed by atoms with Crippen molar-refractivity contribution in [2.24, 2.45) is 0 Å². The van der Waals surface area contributed by atoms with Crippen molar-refractivity contribution in [3.05, 3.63) is 82.4 Å². The molecule has 4 rings (SSSR count). The van der Waals surface area contributed by atoms with Crippen molar-refractivity contribution in [3.63, 3.8) is 0 Å². The summed E-state index contributed by atoms with van der Waals surface area (Å²) in [5.41, 5.74) is 2.45. The second-order valence-electron chi connectivity index (χ2n) is 6.26. The molecule has 0 amide bonds. The van der Waals surface area contributed by atoms with Crippen LogP contribution < -0.4 is 9.47 Å². The summed E-state index contributed by atoms with van der Waals surface area (Å²) >= 11 is 1.62. The highest BCUT2D eigenvalue weighted by Gasteiger charge is 2.15. The van der Waals surface area contributed by atoms with Gasteiger partial charge in [-0.1, -0.05) is 24.3 Å². The van der Waals surface area contributed by atoms with Gasteiger partial charge < -0.3 is 9.47 Å². The lowest BCUT2D eigenvalue weighted by Crippen LogP contribution is -2.02. The summed E-state index contributed by atoms with van der Waals surface area (Å²) < 4.78 is 12.7. The van der Waals surface area contributed by atoms with Gasteiger partial charge in [0, 0.05) is 11.6 Å². The summed E-state index contributed by atoms with van der Waals surface area (Å²) in [7, 11) is 0. The van der Waals surface area contributed by atoms with E-state index in [-0.39, 0.29) is 12.3 Å². The van der Waals surface area contributed by atoms with Crippen LogP contribution in [-0.2, 0) is 6.61 Å². The first-order valence-corrected chi connectivity index (χ1v) is 9.95. The minimum absolute atomic E-state index is 0.0385. The Kier molecular flexibility index (Phi) is 5.39. The van der Waals surface area contributed by atoms with Gasteiger partial charge in [-0.2, -0.15) is 0 Å². The molecule has 1 aromatic heterocycles. The van der Waals surface area contributed by atoms with Crippen molar-refractivity contribution < 1.29 is 14.4 Å². The monoisotopic (exact) mass is 406 g/mol. The van der Waals surface area contributed by atoms with Gasteiger partial charge in [-0.05, 0) is 43.3 Å². The Morgan fingerprint density at radius 3 is 2.59 bits per heavy atom. The molecule has 0 spiro atoms. The highest BCUT2D eigenvalue weighted by atomic mass is 32.1. The molecule has 0 saturated carbocycles. The molecular weight excluding hydrogens is 388 g/mol. The third-order valence-electron chi connectivity index (χ3n) is 4.36. The second-order valence-corrected chi connectivity index (χ2v) is 7.29. The van der Waals surface area contributed by atoms with Crippen molar-refractivity contribution in [2.45, 2.75) is 13.5 Å². The van der Waals surface area contributed by atoms with Gasteiger partial charge in [0.2, 0.25) is 0 Å². The van der Waals surface area contributed by atoms with Crippen LogP contribution in [0.15, 0.2) is 66.7 Å². The van der Waals surface area contributed by atoms with E-state index in [1.54, 1.807) is 29.5 Å². The lowest BCUT2D eigenvalue weighted by Gasteiger charge is -2.13. The lowest BCUT2D eigenvalue weighted by atomic mass is 10.2. The molecule has 0 radical (unpaired) electrons. The van der Waals surface area contributed by atoms with Gasteiger partial charge in [-0.15, -0.1) is 11.3 Å². The van der Waals surface area contributed by atoms with Crippen LogP contribution in [0.5, 0.6) is 11.5 Å². The first-order chi connectivity index (χ1) is 14.2. The van der Waals surface area contributed by atoms with Crippen molar-refractivity contribution in [3.8, 4) is 22.1 Å².